The second-order valence-corrected chi connectivity index (χ2v) is 7.47. The van der Waals surface area contributed by atoms with Crippen molar-refractivity contribution in [3.63, 3.8) is 0 Å². The van der Waals surface area contributed by atoms with Crippen LogP contribution in [0.1, 0.15) is 0 Å². The summed E-state index contributed by atoms with van der Waals surface area (Å²) in [5, 5.41) is 4.36. The molecule has 0 saturated carbocycles. The van der Waals surface area contributed by atoms with Crippen LogP contribution in [-0.2, 0) is 4.74 Å². The standard InChI is InChI=1S/C19H17FN8O2/c20-14-7-27(12-9-30-10-12)8-15(14)23-18-24-17(29)16-13(1-3-28(16)25-18)11-5-22-19-21-2-4-26(19)6-11/h1-6,12,14H,7-10H2,(H,24,25,29)/b23-15+/t14-/m0/s1. The minimum Gasteiger partial charge on any atom is -0.378 e. The van der Waals surface area contributed by atoms with E-state index in [1.807, 2.05) is 11.1 Å². The van der Waals surface area contributed by atoms with E-state index >= 15 is 0 Å². The monoisotopic (exact) mass is 408 g/mol. The van der Waals surface area contributed by atoms with Crippen LogP contribution in [0.3, 0.4) is 0 Å². The number of hydrogen-bond donors (Lipinski definition) is 1. The van der Waals surface area contributed by atoms with E-state index in [1.165, 1.54) is 4.52 Å². The summed E-state index contributed by atoms with van der Waals surface area (Å²) in [6.45, 7) is 1.93. The Bertz CT molecular complexity index is 1350. The zero-order valence-electron chi connectivity index (χ0n) is 15.8. The predicted octanol–water partition coefficient (Wildman–Crippen LogP) is 0.857. The molecule has 0 bridgehead atoms. The molecule has 10 nitrogen and oxygen atoms in total. The predicted molar refractivity (Wildman–Crippen MR) is 106 cm³/mol. The maximum absolute atomic E-state index is 14.4. The fraction of sp³-hybridized carbons (Fsp3) is 0.316. The Labute approximate surface area is 168 Å². The van der Waals surface area contributed by atoms with Crippen LogP contribution in [0.15, 0.2) is 46.8 Å². The Kier molecular flexibility index (Phi) is 3.80. The van der Waals surface area contributed by atoms with E-state index in [0.717, 1.165) is 5.56 Å². The van der Waals surface area contributed by atoms with Crippen LogP contribution in [-0.4, -0.2) is 78.1 Å². The molecule has 1 atom stereocenters. The summed E-state index contributed by atoms with van der Waals surface area (Å²) in [6, 6.07) is 2.03. The zero-order valence-corrected chi connectivity index (χ0v) is 15.8. The second-order valence-electron chi connectivity index (χ2n) is 7.47. The molecule has 2 saturated heterocycles. The molecular weight excluding hydrogens is 391 g/mol. The Morgan fingerprint density at radius 2 is 2.17 bits per heavy atom. The number of fused-ring (bicyclic) bond motifs is 2. The third-order valence-electron chi connectivity index (χ3n) is 5.57. The van der Waals surface area contributed by atoms with Gasteiger partial charge in [-0.25, -0.2) is 23.9 Å². The molecule has 6 heterocycles. The number of nitrogens with one attached hydrogen (secondary N) is 1. The quantitative estimate of drug-likeness (QED) is 0.539. The van der Waals surface area contributed by atoms with Crippen molar-refractivity contribution in [1.29, 1.82) is 0 Å². The number of halogens is 1. The average molecular weight is 408 g/mol. The van der Waals surface area contributed by atoms with Gasteiger partial charge in [-0.15, -0.1) is 5.10 Å². The highest BCUT2D eigenvalue weighted by Crippen LogP contribution is 2.24. The Balaban J connectivity index is 1.37. The SMILES string of the molecule is O=c1[nH]c(/N=C2\CN(C3COC3)C[C@@H]2F)nn2ccc(-c3cnc4nccn4c3)c12. The van der Waals surface area contributed by atoms with Gasteiger partial charge in [-0.1, -0.05) is 0 Å². The molecule has 11 heteroatoms. The summed E-state index contributed by atoms with van der Waals surface area (Å²) in [5.41, 5.74) is 1.83. The molecule has 2 aliphatic rings. The molecule has 2 aliphatic heterocycles. The van der Waals surface area contributed by atoms with Gasteiger partial charge in [0.05, 0.1) is 25.0 Å². The Morgan fingerprint density at radius 3 is 3.00 bits per heavy atom. The van der Waals surface area contributed by atoms with Crippen molar-refractivity contribution >= 4 is 23.0 Å². The number of aromatic amines is 1. The Hall–Kier alpha value is -3.44. The van der Waals surface area contributed by atoms with Gasteiger partial charge < -0.3 is 4.74 Å². The fourth-order valence-electron chi connectivity index (χ4n) is 3.89. The summed E-state index contributed by atoms with van der Waals surface area (Å²) in [7, 11) is 0. The van der Waals surface area contributed by atoms with Crippen molar-refractivity contribution in [1.82, 2.24) is 33.9 Å². The maximum Gasteiger partial charge on any atom is 0.277 e. The summed E-state index contributed by atoms with van der Waals surface area (Å²) in [5.74, 6) is 0.662. The van der Waals surface area contributed by atoms with Crippen LogP contribution in [0, 0.1) is 0 Å². The zero-order chi connectivity index (χ0) is 20.2. The first kappa shape index (κ1) is 17.4. The molecule has 4 aromatic rings. The highest BCUT2D eigenvalue weighted by atomic mass is 19.1. The van der Waals surface area contributed by atoms with Gasteiger partial charge in [0.1, 0.15) is 5.52 Å². The van der Waals surface area contributed by atoms with Crippen LogP contribution < -0.4 is 5.56 Å². The van der Waals surface area contributed by atoms with Gasteiger partial charge in [0, 0.05) is 55.2 Å². The number of H-pyrrole nitrogens is 1. The van der Waals surface area contributed by atoms with Gasteiger partial charge in [0.2, 0.25) is 11.7 Å². The van der Waals surface area contributed by atoms with Crippen molar-refractivity contribution in [3.05, 3.63) is 47.4 Å². The highest BCUT2D eigenvalue weighted by Gasteiger charge is 2.36. The van der Waals surface area contributed by atoms with Crippen molar-refractivity contribution in [2.75, 3.05) is 26.3 Å². The lowest BCUT2D eigenvalue weighted by Gasteiger charge is -2.33. The largest absolute Gasteiger partial charge is 0.378 e. The van der Waals surface area contributed by atoms with Gasteiger partial charge in [-0.2, -0.15) is 0 Å². The molecule has 0 amide bonds. The topological polar surface area (TPSA) is 105 Å². The molecule has 0 aliphatic carbocycles. The molecule has 4 aromatic heterocycles. The number of rotatable bonds is 3. The summed E-state index contributed by atoms with van der Waals surface area (Å²) < 4.78 is 22.9. The molecule has 2 fully saturated rings. The van der Waals surface area contributed by atoms with Crippen molar-refractivity contribution in [3.8, 4) is 11.1 Å². The second kappa shape index (κ2) is 6.54. The van der Waals surface area contributed by atoms with E-state index in [0.29, 0.717) is 42.3 Å². The molecular formula is C19H17FN8O2. The number of nitrogens with zero attached hydrogens (tertiary/aromatic N) is 7. The smallest absolute Gasteiger partial charge is 0.277 e. The molecule has 30 heavy (non-hydrogen) atoms. The average Bonchev–Trinajstić information content (AvgIpc) is 3.39. The molecule has 0 radical (unpaired) electrons. The van der Waals surface area contributed by atoms with Gasteiger partial charge in [-0.3, -0.25) is 19.1 Å². The third kappa shape index (κ3) is 2.74. The van der Waals surface area contributed by atoms with Crippen molar-refractivity contribution in [2.24, 2.45) is 4.99 Å². The van der Waals surface area contributed by atoms with E-state index in [4.69, 9.17) is 4.74 Å². The van der Waals surface area contributed by atoms with Crippen molar-refractivity contribution < 1.29 is 9.13 Å². The number of hydrogen-bond acceptors (Lipinski definition) is 7. The normalized spacial score (nSPS) is 21.8. The van der Waals surface area contributed by atoms with Gasteiger partial charge in [-0.05, 0) is 6.07 Å². The van der Waals surface area contributed by atoms with E-state index in [2.05, 4.69) is 25.0 Å². The van der Waals surface area contributed by atoms with E-state index in [9.17, 15) is 9.18 Å². The van der Waals surface area contributed by atoms with Crippen molar-refractivity contribution in [2.45, 2.75) is 12.2 Å². The third-order valence-corrected chi connectivity index (χ3v) is 5.57. The maximum atomic E-state index is 14.4. The minimum atomic E-state index is -1.18. The first-order valence-electron chi connectivity index (χ1n) is 9.60. The lowest BCUT2D eigenvalue weighted by atomic mass is 10.1. The van der Waals surface area contributed by atoms with Crippen LogP contribution in [0.2, 0.25) is 0 Å². The lowest BCUT2D eigenvalue weighted by Crippen LogP contribution is -2.48. The highest BCUT2D eigenvalue weighted by molar-refractivity contribution is 5.94. The van der Waals surface area contributed by atoms with E-state index in [-0.39, 0.29) is 24.1 Å². The summed E-state index contributed by atoms with van der Waals surface area (Å²) in [4.78, 5) is 30.2. The van der Waals surface area contributed by atoms with Gasteiger partial charge in [0.25, 0.3) is 5.56 Å². The number of ether oxygens (including phenoxy) is 1. The van der Waals surface area contributed by atoms with Crippen LogP contribution >= 0.6 is 0 Å². The summed E-state index contributed by atoms with van der Waals surface area (Å²) in [6.07, 6.45) is 7.46. The van der Waals surface area contributed by atoms with E-state index in [1.54, 1.807) is 35.3 Å². The van der Waals surface area contributed by atoms with Gasteiger partial charge in [0.15, 0.2) is 6.17 Å². The van der Waals surface area contributed by atoms with Crippen LogP contribution in [0.5, 0.6) is 0 Å². The lowest BCUT2D eigenvalue weighted by molar-refractivity contribution is -0.0576. The molecule has 152 valence electrons. The molecule has 0 aromatic carbocycles. The first-order valence-corrected chi connectivity index (χ1v) is 9.60. The number of alkyl halides is 1. The minimum absolute atomic E-state index is 0.0854. The van der Waals surface area contributed by atoms with Gasteiger partial charge >= 0.3 is 0 Å². The molecule has 1 N–H and O–H groups in total. The fourth-order valence-corrected chi connectivity index (χ4v) is 3.89. The molecule has 0 spiro atoms. The number of aliphatic imine (C=N–C) groups is 1. The number of aromatic nitrogens is 6. The Morgan fingerprint density at radius 1 is 1.27 bits per heavy atom. The number of imidazole rings is 1. The number of likely N-dealkylation sites (tertiary alicyclic amines) is 1. The van der Waals surface area contributed by atoms with E-state index < -0.39 is 6.17 Å². The molecule has 6 rings (SSSR count). The van der Waals surface area contributed by atoms with Crippen LogP contribution in [0.4, 0.5) is 10.3 Å². The first-order chi connectivity index (χ1) is 14.7. The molecule has 0 unspecified atom stereocenters. The summed E-state index contributed by atoms with van der Waals surface area (Å²) >= 11 is 0. The van der Waals surface area contributed by atoms with Crippen LogP contribution in [0.25, 0.3) is 22.4 Å².